The molecular formula is C15H24BrN3O. The van der Waals surface area contributed by atoms with Crippen LogP contribution in [0.4, 0.5) is 0 Å². The van der Waals surface area contributed by atoms with Crippen LogP contribution in [0.25, 0.3) is 0 Å². The maximum Gasteiger partial charge on any atom is 0.270 e. The Kier molecular flexibility index (Phi) is 5.27. The van der Waals surface area contributed by atoms with Crippen LogP contribution in [0.1, 0.15) is 37.7 Å². The first-order chi connectivity index (χ1) is 9.56. The minimum atomic E-state index is 0.154. The molecule has 112 valence electrons. The zero-order valence-corrected chi connectivity index (χ0v) is 14.2. The third-order valence-corrected chi connectivity index (χ3v) is 4.67. The Morgan fingerprint density at radius 2 is 1.95 bits per heavy atom. The Labute approximate surface area is 129 Å². The molecule has 1 atom stereocenters. The van der Waals surface area contributed by atoms with Gasteiger partial charge in [-0.15, -0.1) is 0 Å². The van der Waals surface area contributed by atoms with E-state index < -0.39 is 0 Å². The molecule has 1 aromatic rings. The van der Waals surface area contributed by atoms with Crippen LogP contribution in [-0.4, -0.2) is 52.5 Å². The minimum Gasteiger partial charge on any atom is -0.343 e. The molecule has 2 rings (SSSR count). The lowest BCUT2D eigenvalue weighted by Crippen LogP contribution is -2.51. The lowest BCUT2D eigenvalue weighted by Gasteiger charge is -2.37. The number of hydrogen-bond acceptors (Lipinski definition) is 2. The first-order valence-corrected chi connectivity index (χ1v) is 8.25. The molecular weight excluding hydrogens is 318 g/mol. The van der Waals surface area contributed by atoms with Crippen molar-refractivity contribution in [2.75, 3.05) is 26.2 Å². The predicted octanol–water partition coefficient (Wildman–Crippen LogP) is 2.83. The molecule has 5 heteroatoms. The number of hydrogen-bond donors (Lipinski definition) is 0. The van der Waals surface area contributed by atoms with Crippen molar-refractivity contribution in [2.45, 2.75) is 39.8 Å². The van der Waals surface area contributed by atoms with Crippen molar-refractivity contribution in [3.63, 3.8) is 0 Å². The van der Waals surface area contributed by atoms with Crippen molar-refractivity contribution < 1.29 is 4.79 Å². The monoisotopic (exact) mass is 341 g/mol. The van der Waals surface area contributed by atoms with Gasteiger partial charge < -0.3 is 9.47 Å². The summed E-state index contributed by atoms with van der Waals surface area (Å²) in [6, 6.07) is 2.54. The van der Waals surface area contributed by atoms with E-state index in [1.165, 1.54) is 6.42 Å². The summed E-state index contributed by atoms with van der Waals surface area (Å²) >= 11 is 3.45. The highest BCUT2D eigenvalue weighted by Gasteiger charge is 2.25. The van der Waals surface area contributed by atoms with Crippen LogP contribution in [0.3, 0.4) is 0 Å². The van der Waals surface area contributed by atoms with Crippen LogP contribution in [0, 0.1) is 0 Å². The standard InChI is InChI=1S/C15H24BrN3O/c1-4-12(3)18-6-8-19(9-7-18)15(20)14-10-13(16)11-17(14)5-2/h10-12H,4-9H2,1-3H3. The second kappa shape index (κ2) is 6.76. The molecule has 1 saturated heterocycles. The zero-order valence-electron chi connectivity index (χ0n) is 12.6. The molecule has 20 heavy (non-hydrogen) atoms. The Hall–Kier alpha value is -0.810. The van der Waals surface area contributed by atoms with Crippen molar-refractivity contribution in [2.24, 2.45) is 0 Å². The Morgan fingerprint density at radius 3 is 2.50 bits per heavy atom. The van der Waals surface area contributed by atoms with E-state index in [9.17, 15) is 4.79 Å². The number of aromatic nitrogens is 1. The van der Waals surface area contributed by atoms with Crippen molar-refractivity contribution >= 4 is 21.8 Å². The third kappa shape index (κ3) is 3.26. The average Bonchev–Trinajstić information content (AvgIpc) is 2.87. The van der Waals surface area contributed by atoms with Crippen LogP contribution in [0.5, 0.6) is 0 Å². The van der Waals surface area contributed by atoms with Crippen molar-refractivity contribution in [1.29, 1.82) is 0 Å². The summed E-state index contributed by atoms with van der Waals surface area (Å²) in [5.41, 5.74) is 0.788. The fourth-order valence-corrected chi connectivity index (χ4v) is 3.17. The number of carbonyl (C=O) groups is 1. The Bertz CT molecular complexity index is 464. The first-order valence-electron chi connectivity index (χ1n) is 7.45. The lowest BCUT2D eigenvalue weighted by molar-refractivity contribution is 0.0570. The first kappa shape index (κ1) is 15.6. The molecule has 1 aliphatic heterocycles. The molecule has 0 radical (unpaired) electrons. The average molecular weight is 342 g/mol. The van der Waals surface area contributed by atoms with E-state index >= 15 is 0 Å². The molecule has 0 bridgehead atoms. The van der Waals surface area contributed by atoms with Gasteiger partial charge in [0.25, 0.3) is 5.91 Å². The molecule has 0 spiro atoms. The van der Waals surface area contributed by atoms with Crippen LogP contribution in [0.15, 0.2) is 16.7 Å². The molecule has 1 fully saturated rings. The van der Waals surface area contributed by atoms with E-state index in [1.54, 1.807) is 0 Å². The molecule has 1 aromatic heterocycles. The SMILES string of the molecule is CCC(C)N1CCN(C(=O)c2cc(Br)cn2CC)CC1. The molecule has 1 aliphatic rings. The second-order valence-electron chi connectivity index (χ2n) is 5.42. The number of aryl methyl sites for hydroxylation is 1. The molecule has 4 nitrogen and oxygen atoms in total. The molecule has 1 unspecified atom stereocenters. The van der Waals surface area contributed by atoms with Gasteiger partial charge in [-0.3, -0.25) is 9.69 Å². The van der Waals surface area contributed by atoms with Crippen LogP contribution in [-0.2, 0) is 6.54 Å². The number of rotatable bonds is 4. The van der Waals surface area contributed by atoms with Crippen LogP contribution < -0.4 is 0 Å². The van der Waals surface area contributed by atoms with Crippen LogP contribution >= 0.6 is 15.9 Å². The van der Waals surface area contributed by atoms with Crippen molar-refractivity contribution in [1.82, 2.24) is 14.4 Å². The van der Waals surface area contributed by atoms with Crippen molar-refractivity contribution in [3.05, 3.63) is 22.4 Å². The number of nitrogens with zero attached hydrogens (tertiary/aromatic N) is 3. The number of amides is 1. The van der Waals surface area contributed by atoms with E-state index in [2.05, 4.69) is 41.6 Å². The number of piperazine rings is 1. The van der Waals surface area contributed by atoms with E-state index in [0.29, 0.717) is 6.04 Å². The summed E-state index contributed by atoms with van der Waals surface area (Å²) in [5.74, 6) is 0.154. The highest BCUT2D eigenvalue weighted by molar-refractivity contribution is 9.10. The predicted molar refractivity (Wildman–Crippen MR) is 85.0 cm³/mol. The summed E-state index contributed by atoms with van der Waals surface area (Å²) in [4.78, 5) is 17.1. The van der Waals surface area contributed by atoms with Gasteiger partial charge in [-0.1, -0.05) is 6.92 Å². The molecule has 0 aromatic carbocycles. The van der Waals surface area contributed by atoms with Gasteiger partial charge in [-0.2, -0.15) is 0 Å². The molecule has 0 aliphatic carbocycles. The quantitative estimate of drug-likeness (QED) is 0.842. The van der Waals surface area contributed by atoms with Gasteiger partial charge in [0.2, 0.25) is 0 Å². The molecule has 1 amide bonds. The smallest absolute Gasteiger partial charge is 0.270 e. The van der Waals surface area contributed by atoms with Gasteiger partial charge in [0, 0.05) is 49.4 Å². The normalized spacial score (nSPS) is 18.3. The topological polar surface area (TPSA) is 28.5 Å². The maximum atomic E-state index is 12.6. The van der Waals surface area contributed by atoms with E-state index in [0.717, 1.165) is 42.9 Å². The highest BCUT2D eigenvalue weighted by atomic mass is 79.9. The maximum absolute atomic E-state index is 12.6. The summed E-state index contributed by atoms with van der Waals surface area (Å²) in [6.07, 6.45) is 3.14. The summed E-state index contributed by atoms with van der Waals surface area (Å²) < 4.78 is 2.98. The zero-order chi connectivity index (χ0) is 14.7. The lowest BCUT2D eigenvalue weighted by atomic mass is 10.2. The highest BCUT2D eigenvalue weighted by Crippen LogP contribution is 2.18. The van der Waals surface area contributed by atoms with Crippen molar-refractivity contribution in [3.8, 4) is 0 Å². The summed E-state index contributed by atoms with van der Waals surface area (Å²) in [5, 5.41) is 0. The van der Waals surface area contributed by atoms with E-state index in [-0.39, 0.29) is 5.91 Å². The fourth-order valence-electron chi connectivity index (χ4n) is 2.70. The number of carbonyl (C=O) groups excluding carboxylic acids is 1. The van der Waals surface area contributed by atoms with Gasteiger partial charge >= 0.3 is 0 Å². The molecule has 0 N–H and O–H groups in total. The Balaban J connectivity index is 2.01. The molecule has 2 heterocycles. The van der Waals surface area contributed by atoms with Gasteiger partial charge in [0.15, 0.2) is 0 Å². The van der Waals surface area contributed by atoms with Gasteiger partial charge in [-0.25, -0.2) is 0 Å². The van der Waals surface area contributed by atoms with Crippen LogP contribution in [0.2, 0.25) is 0 Å². The van der Waals surface area contributed by atoms with Gasteiger partial charge in [0.1, 0.15) is 5.69 Å². The van der Waals surface area contributed by atoms with Gasteiger partial charge in [-0.05, 0) is 42.3 Å². The minimum absolute atomic E-state index is 0.154. The van der Waals surface area contributed by atoms with E-state index in [4.69, 9.17) is 0 Å². The van der Waals surface area contributed by atoms with Gasteiger partial charge in [0.05, 0.1) is 0 Å². The fraction of sp³-hybridized carbons (Fsp3) is 0.667. The summed E-state index contributed by atoms with van der Waals surface area (Å²) in [6.45, 7) is 11.0. The molecule has 0 saturated carbocycles. The Morgan fingerprint density at radius 1 is 1.30 bits per heavy atom. The number of halogens is 1. The second-order valence-corrected chi connectivity index (χ2v) is 6.33. The largest absolute Gasteiger partial charge is 0.343 e. The third-order valence-electron chi connectivity index (χ3n) is 4.24. The van der Waals surface area contributed by atoms with E-state index in [1.807, 2.05) is 21.7 Å². The summed E-state index contributed by atoms with van der Waals surface area (Å²) in [7, 11) is 0.